The highest BCUT2D eigenvalue weighted by Gasteiger charge is 2.27. The molecule has 0 aliphatic rings. The van der Waals surface area contributed by atoms with Crippen LogP contribution in [0, 0.1) is 0 Å². The molecule has 0 saturated carbocycles. The zero-order valence-electron chi connectivity index (χ0n) is 18.1. The zero-order chi connectivity index (χ0) is 21.5. The molecule has 0 amide bonds. The topological polar surface area (TPSA) is 21.7 Å². The average Bonchev–Trinajstić information content (AvgIpc) is 3.44. The van der Waals surface area contributed by atoms with Gasteiger partial charge in [-0.25, -0.2) is 9.55 Å². The van der Waals surface area contributed by atoms with Crippen molar-refractivity contribution in [1.29, 1.82) is 0 Å². The average molecular weight is 559 g/mol. The number of aryl methyl sites for hydroxylation is 1. The molecular formula is C28H22IN3S. The van der Waals surface area contributed by atoms with E-state index in [0.717, 1.165) is 28.3 Å². The molecule has 0 unspecified atom stereocenters. The van der Waals surface area contributed by atoms with Gasteiger partial charge >= 0.3 is 0 Å². The fourth-order valence-corrected chi connectivity index (χ4v) is 5.40. The first-order valence-electron chi connectivity index (χ1n) is 10.9. The molecular weight excluding hydrogens is 537 g/mol. The van der Waals surface area contributed by atoms with Gasteiger partial charge in [0.15, 0.2) is 11.0 Å². The normalized spacial score (nSPS) is 11.1. The molecule has 2 heterocycles. The van der Waals surface area contributed by atoms with E-state index in [-0.39, 0.29) is 24.0 Å². The van der Waals surface area contributed by atoms with Gasteiger partial charge in [-0.2, -0.15) is 4.57 Å². The highest BCUT2D eigenvalue weighted by atomic mass is 127. The number of thiazole rings is 1. The van der Waals surface area contributed by atoms with Crippen LogP contribution in [0.5, 0.6) is 0 Å². The first-order valence-corrected chi connectivity index (χ1v) is 11.7. The van der Waals surface area contributed by atoms with E-state index >= 15 is 0 Å². The maximum Gasteiger partial charge on any atom is 0.295 e. The second-order valence-electron chi connectivity index (χ2n) is 7.80. The quantitative estimate of drug-likeness (QED) is 0.238. The highest BCUT2D eigenvalue weighted by molar-refractivity contribution is 7.21. The van der Waals surface area contributed by atoms with Crippen LogP contribution in [0.1, 0.15) is 6.92 Å². The second kappa shape index (κ2) is 9.08. The Kier molecular flexibility index (Phi) is 6.00. The minimum atomic E-state index is 0. The van der Waals surface area contributed by atoms with Gasteiger partial charge in [0.1, 0.15) is 10.7 Å². The lowest BCUT2D eigenvalue weighted by Crippen LogP contribution is -3.00. The number of para-hydroxylation sites is 2. The second-order valence-corrected chi connectivity index (χ2v) is 8.83. The molecule has 2 aromatic heterocycles. The number of rotatable bonds is 4. The highest BCUT2D eigenvalue weighted by Crippen LogP contribution is 2.33. The van der Waals surface area contributed by atoms with E-state index in [1.54, 1.807) is 11.3 Å². The molecule has 0 spiro atoms. The van der Waals surface area contributed by atoms with Crippen LogP contribution in [-0.2, 0) is 6.54 Å². The summed E-state index contributed by atoms with van der Waals surface area (Å²) in [6.07, 6.45) is 0. The fraction of sp³-hybridized carbons (Fsp3) is 0.0714. The number of aromatic nitrogens is 3. The van der Waals surface area contributed by atoms with Crippen LogP contribution in [0.3, 0.4) is 0 Å². The summed E-state index contributed by atoms with van der Waals surface area (Å²) in [5.74, 6) is 1.19. The van der Waals surface area contributed by atoms with Gasteiger partial charge < -0.3 is 24.0 Å². The summed E-state index contributed by atoms with van der Waals surface area (Å²) in [6.45, 7) is 3.09. The number of imidazole rings is 1. The van der Waals surface area contributed by atoms with Gasteiger partial charge in [-0.15, -0.1) is 11.3 Å². The number of halogens is 1. The van der Waals surface area contributed by atoms with Crippen LogP contribution in [0.4, 0.5) is 0 Å². The van der Waals surface area contributed by atoms with E-state index in [4.69, 9.17) is 4.98 Å². The van der Waals surface area contributed by atoms with Crippen LogP contribution in [0.25, 0.3) is 48.9 Å². The Morgan fingerprint density at radius 2 is 1.48 bits per heavy atom. The zero-order valence-corrected chi connectivity index (χ0v) is 21.1. The van der Waals surface area contributed by atoms with Crippen molar-refractivity contribution >= 4 is 32.6 Å². The maximum atomic E-state index is 4.89. The summed E-state index contributed by atoms with van der Waals surface area (Å²) in [6, 6.07) is 36.4. The van der Waals surface area contributed by atoms with Crippen LogP contribution in [0.2, 0.25) is 0 Å². The van der Waals surface area contributed by atoms with Gasteiger partial charge in [-0.05, 0) is 61.5 Å². The summed E-state index contributed by atoms with van der Waals surface area (Å²) < 4.78 is 6.00. The molecule has 4 aromatic carbocycles. The van der Waals surface area contributed by atoms with Gasteiger partial charge in [0.2, 0.25) is 0 Å². The van der Waals surface area contributed by atoms with E-state index in [1.807, 2.05) is 6.07 Å². The number of fused-ring (bicyclic) bond motifs is 2. The minimum absolute atomic E-state index is 0. The van der Waals surface area contributed by atoms with Crippen molar-refractivity contribution in [3.05, 3.63) is 103 Å². The van der Waals surface area contributed by atoms with E-state index in [9.17, 15) is 0 Å². The molecule has 0 aliphatic carbocycles. The van der Waals surface area contributed by atoms with Crippen molar-refractivity contribution in [3.63, 3.8) is 0 Å². The number of hydrogen-bond donors (Lipinski definition) is 0. The van der Waals surface area contributed by atoms with Crippen molar-refractivity contribution in [2.75, 3.05) is 0 Å². The molecule has 6 rings (SSSR count). The SMILES string of the molecule is CC[n+]1c(-c2ccccc2)n(-c2ccccc2)c2ccc(-c3nc4ccccc4s3)cc21.[I-]. The third kappa shape index (κ3) is 3.75. The molecule has 0 bridgehead atoms. The Morgan fingerprint density at radius 1 is 0.788 bits per heavy atom. The summed E-state index contributed by atoms with van der Waals surface area (Å²) in [5, 5.41) is 1.06. The standard InChI is InChI=1S/C28H22N3S.HI/c1-2-30-25-19-21(27-29-23-15-9-10-16-26(23)32-27)17-18-24(25)31(22-13-7-4-8-14-22)28(30)20-11-5-3-6-12-20;/h3-19H,2H2,1H3;1H/q+1;/p-1. The first-order chi connectivity index (χ1) is 15.8. The van der Waals surface area contributed by atoms with E-state index in [1.165, 1.54) is 27.1 Å². The lowest BCUT2D eigenvalue weighted by atomic mass is 10.2. The van der Waals surface area contributed by atoms with Gasteiger partial charge in [0.25, 0.3) is 5.82 Å². The number of benzene rings is 4. The Balaban J connectivity index is 0.00000228. The van der Waals surface area contributed by atoms with Crippen molar-refractivity contribution in [2.24, 2.45) is 0 Å². The van der Waals surface area contributed by atoms with Gasteiger partial charge in [-0.3, -0.25) is 0 Å². The molecule has 162 valence electrons. The van der Waals surface area contributed by atoms with Crippen LogP contribution in [-0.4, -0.2) is 9.55 Å². The van der Waals surface area contributed by atoms with Crippen molar-refractivity contribution < 1.29 is 28.5 Å². The minimum Gasteiger partial charge on any atom is -1.00 e. The Labute approximate surface area is 214 Å². The molecule has 0 radical (unpaired) electrons. The van der Waals surface area contributed by atoms with Crippen molar-refractivity contribution in [1.82, 2.24) is 9.55 Å². The van der Waals surface area contributed by atoms with Crippen LogP contribution in [0.15, 0.2) is 103 Å². The summed E-state index contributed by atoms with van der Waals surface area (Å²) >= 11 is 1.75. The molecule has 0 atom stereocenters. The summed E-state index contributed by atoms with van der Waals surface area (Å²) in [4.78, 5) is 4.89. The molecule has 0 fully saturated rings. The van der Waals surface area contributed by atoms with E-state index in [0.29, 0.717) is 0 Å². The van der Waals surface area contributed by atoms with Crippen LogP contribution >= 0.6 is 11.3 Å². The monoisotopic (exact) mass is 559 g/mol. The summed E-state index contributed by atoms with van der Waals surface area (Å²) in [7, 11) is 0. The molecule has 0 aliphatic heterocycles. The Morgan fingerprint density at radius 3 is 2.21 bits per heavy atom. The van der Waals surface area contributed by atoms with E-state index < -0.39 is 0 Å². The number of nitrogens with zero attached hydrogens (tertiary/aromatic N) is 3. The maximum absolute atomic E-state index is 4.89. The third-order valence-corrected chi connectivity index (χ3v) is 6.96. The summed E-state index contributed by atoms with van der Waals surface area (Å²) in [5.41, 5.74) is 6.99. The largest absolute Gasteiger partial charge is 1.00 e. The molecule has 5 heteroatoms. The van der Waals surface area contributed by atoms with Gasteiger partial charge in [0.05, 0.1) is 22.3 Å². The predicted molar refractivity (Wildman–Crippen MR) is 133 cm³/mol. The predicted octanol–water partition coefficient (Wildman–Crippen LogP) is 3.89. The first kappa shape index (κ1) is 21.8. The van der Waals surface area contributed by atoms with Crippen molar-refractivity contribution in [2.45, 2.75) is 13.5 Å². The molecule has 33 heavy (non-hydrogen) atoms. The fourth-order valence-electron chi connectivity index (χ4n) is 4.44. The molecule has 0 saturated heterocycles. The van der Waals surface area contributed by atoms with E-state index in [2.05, 4.69) is 113 Å². The van der Waals surface area contributed by atoms with Gasteiger partial charge in [0, 0.05) is 5.56 Å². The van der Waals surface area contributed by atoms with Crippen LogP contribution < -0.4 is 28.5 Å². The Bertz CT molecular complexity index is 1520. The number of hydrogen-bond acceptors (Lipinski definition) is 2. The molecule has 0 N–H and O–H groups in total. The van der Waals surface area contributed by atoms with Crippen molar-refractivity contribution in [3.8, 4) is 27.6 Å². The molecule has 6 aromatic rings. The smallest absolute Gasteiger partial charge is 0.295 e. The lowest BCUT2D eigenvalue weighted by Gasteiger charge is -2.04. The molecule has 3 nitrogen and oxygen atoms in total. The lowest BCUT2D eigenvalue weighted by molar-refractivity contribution is -0.657. The van der Waals surface area contributed by atoms with Gasteiger partial charge in [-0.1, -0.05) is 48.5 Å². The third-order valence-electron chi connectivity index (χ3n) is 5.88. The Hall–Kier alpha value is -3.03.